The van der Waals surface area contributed by atoms with E-state index >= 15 is 0 Å². The number of methoxy groups -OCH3 is 1. The number of esters is 1. The first-order valence-electron chi connectivity index (χ1n) is 12.9. The molecule has 0 radical (unpaired) electrons. The number of likely N-dealkylation sites (tertiary alicyclic amines) is 1. The molecule has 0 aromatic heterocycles. The average molecular weight is 540 g/mol. The second kappa shape index (κ2) is 13.6. The van der Waals surface area contributed by atoms with Crippen molar-refractivity contribution in [2.24, 2.45) is 0 Å². The normalized spacial score (nSPS) is 17.6. The van der Waals surface area contributed by atoms with Crippen molar-refractivity contribution in [3.63, 3.8) is 0 Å². The van der Waals surface area contributed by atoms with Gasteiger partial charge in [0, 0.05) is 19.0 Å². The number of aryl methyl sites for hydroxylation is 1. The zero-order valence-electron chi connectivity index (χ0n) is 22.8. The molecule has 0 spiro atoms. The molecular weight excluding hydrogens is 502 g/mol. The molecule has 1 saturated heterocycles. The fourth-order valence-corrected chi connectivity index (χ4v) is 4.28. The Morgan fingerprint density at radius 2 is 1.59 bits per heavy atom. The van der Waals surface area contributed by atoms with Gasteiger partial charge in [-0.05, 0) is 44.7 Å². The van der Waals surface area contributed by atoms with Crippen LogP contribution in [0.15, 0.2) is 60.7 Å². The highest BCUT2D eigenvalue weighted by molar-refractivity contribution is 5.87. The highest BCUT2D eigenvalue weighted by Gasteiger charge is 2.42. The van der Waals surface area contributed by atoms with E-state index in [4.69, 9.17) is 14.2 Å². The van der Waals surface area contributed by atoms with Crippen LogP contribution >= 0.6 is 0 Å². The molecule has 0 aliphatic carbocycles. The summed E-state index contributed by atoms with van der Waals surface area (Å²) in [6.07, 6.45) is -0.372. The van der Waals surface area contributed by atoms with E-state index in [1.54, 1.807) is 20.8 Å². The maximum atomic E-state index is 13.3. The Hall–Kier alpha value is -4.08. The molecular formula is C29H37N3O7. The fourth-order valence-electron chi connectivity index (χ4n) is 4.28. The largest absolute Gasteiger partial charge is 0.467 e. The van der Waals surface area contributed by atoms with E-state index < -0.39 is 47.8 Å². The Bertz CT molecular complexity index is 1120. The van der Waals surface area contributed by atoms with Crippen molar-refractivity contribution in [1.82, 2.24) is 15.5 Å². The topological polar surface area (TPSA) is 123 Å². The Morgan fingerprint density at radius 3 is 2.18 bits per heavy atom. The third-order valence-corrected chi connectivity index (χ3v) is 6.13. The fraction of sp³-hybridized carbons (Fsp3) is 0.448. The van der Waals surface area contributed by atoms with Crippen LogP contribution in [-0.4, -0.2) is 66.3 Å². The standard InChI is InChI=1S/C29H37N3O7/c1-29(2,3)39-27(35)31-23(16-15-20-11-7-5-8-12-20)25(33)30-22-17-24(26(34)37-4)32(18-22)28(36)38-19-21-13-9-6-10-14-21/h5-14,22-24H,15-19H2,1-4H3,(H,30,33)(H,31,35)/t22-,23-,24-/m0/s1. The van der Waals surface area contributed by atoms with Crippen LogP contribution < -0.4 is 10.6 Å². The number of hydrogen-bond donors (Lipinski definition) is 2. The highest BCUT2D eigenvalue weighted by Crippen LogP contribution is 2.21. The summed E-state index contributed by atoms with van der Waals surface area (Å²) in [6.45, 7) is 5.31. The van der Waals surface area contributed by atoms with Crippen molar-refractivity contribution in [3.8, 4) is 0 Å². The maximum Gasteiger partial charge on any atom is 0.410 e. The lowest BCUT2D eigenvalue weighted by Crippen LogP contribution is -2.51. The lowest BCUT2D eigenvalue weighted by Gasteiger charge is -2.24. The third kappa shape index (κ3) is 9.31. The van der Waals surface area contributed by atoms with Crippen LogP contribution in [0.25, 0.3) is 0 Å². The molecule has 2 N–H and O–H groups in total. The Balaban J connectivity index is 1.67. The van der Waals surface area contributed by atoms with Gasteiger partial charge in [0.05, 0.1) is 7.11 Å². The van der Waals surface area contributed by atoms with E-state index in [-0.39, 0.29) is 19.6 Å². The summed E-state index contributed by atoms with van der Waals surface area (Å²) < 4.78 is 15.7. The molecule has 3 rings (SSSR count). The minimum Gasteiger partial charge on any atom is -0.467 e. The first-order valence-corrected chi connectivity index (χ1v) is 12.9. The van der Waals surface area contributed by atoms with E-state index in [1.165, 1.54) is 12.0 Å². The molecule has 210 valence electrons. The SMILES string of the molecule is COC(=O)[C@@H]1C[C@H](NC(=O)[C@H](CCc2ccccc2)NC(=O)OC(C)(C)C)CN1C(=O)OCc1ccccc1. The predicted octanol–water partition coefficient (Wildman–Crippen LogP) is 3.58. The number of nitrogens with one attached hydrogen (secondary N) is 2. The molecule has 1 heterocycles. The number of nitrogens with zero attached hydrogens (tertiary/aromatic N) is 1. The van der Waals surface area contributed by atoms with Crippen LogP contribution in [-0.2, 0) is 36.8 Å². The van der Waals surface area contributed by atoms with Crippen molar-refractivity contribution >= 4 is 24.1 Å². The van der Waals surface area contributed by atoms with Gasteiger partial charge >= 0.3 is 18.2 Å². The summed E-state index contributed by atoms with van der Waals surface area (Å²) in [6, 6.07) is 16.4. The summed E-state index contributed by atoms with van der Waals surface area (Å²) >= 11 is 0. The van der Waals surface area contributed by atoms with Crippen molar-refractivity contribution in [3.05, 3.63) is 71.8 Å². The molecule has 10 heteroatoms. The van der Waals surface area contributed by atoms with Crippen molar-refractivity contribution in [2.45, 2.75) is 70.4 Å². The van der Waals surface area contributed by atoms with Crippen LogP contribution in [0.1, 0.15) is 44.7 Å². The minimum absolute atomic E-state index is 0.0441. The van der Waals surface area contributed by atoms with Gasteiger partial charge in [0.15, 0.2) is 0 Å². The number of benzene rings is 2. The van der Waals surface area contributed by atoms with Crippen LogP contribution in [0.3, 0.4) is 0 Å². The van der Waals surface area contributed by atoms with Crippen LogP contribution in [0, 0.1) is 0 Å². The van der Waals surface area contributed by atoms with Crippen molar-refractivity contribution in [2.75, 3.05) is 13.7 Å². The van der Waals surface area contributed by atoms with Gasteiger partial charge in [-0.15, -0.1) is 0 Å². The quantitative estimate of drug-likeness (QED) is 0.369. The monoisotopic (exact) mass is 539 g/mol. The number of hydrogen-bond acceptors (Lipinski definition) is 7. The zero-order chi connectivity index (χ0) is 28.4. The third-order valence-electron chi connectivity index (χ3n) is 6.13. The second-order valence-electron chi connectivity index (χ2n) is 10.4. The van der Waals surface area contributed by atoms with Gasteiger partial charge in [-0.1, -0.05) is 60.7 Å². The van der Waals surface area contributed by atoms with E-state index in [0.29, 0.717) is 12.8 Å². The van der Waals surface area contributed by atoms with Crippen LogP contribution in [0.4, 0.5) is 9.59 Å². The number of alkyl carbamates (subject to hydrolysis) is 1. The molecule has 10 nitrogen and oxygen atoms in total. The molecule has 3 amide bonds. The summed E-state index contributed by atoms with van der Waals surface area (Å²) in [5.74, 6) is -1.04. The smallest absolute Gasteiger partial charge is 0.410 e. The lowest BCUT2D eigenvalue weighted by atomic mass is 10.0. The summed E-state index contributed by atoms with van der Waals surface area (Å²) in [5.41, 5.74) is 1.09. The lowest BCUT2D eigenvalue weighted by molar-refractivity contribution is -0.145. The van der Waals surface area contributed by atoms with E-state index in [1.807, 2.05) is 60.7 Å². The zero-order valence-corrected chi connectivity index (χ0v) is 22.8. The molecule has 2 aromatic rings. The molecule has 2 aromatic carbocycles. The molecule has 0 saturated carbocycles. The van der Waals surface area contributed by atoms with Crippen LogP contribution in [0.2, 0.25) is 0 Å². The number of ether oxygens (including phenoxy) is 3. The van der Waals surface area contributed by atoms with Gasteiger partial charge in [-0.3, -0.25) is 9.69 Å². The number of amides is 3. The first kappa shape index (κ1) is 29.5. The Labute approximate surface area is 229 Å². The van der Waals surface area contributed by atoms with Crippen LogP contribution in [0.5, 0.6) is 0 Å². The first-order chi connectivity index (χ1) is 18.6. The van der Waals surface area contributed by atoms with Gasteiger partial charge in [0.25, 0.3) is 0 Å². The average Bonchev–Trinajstić information content (AvgIpc) is 3.33. The molecule has 3 atom stereocenters. The summed E-state index contributed by atoms with van der Waals surface area (Å²) in [7, 11) is 1.24. The summed E-state index contributed by atoms with van der Waals surface area (Å²) in [5, 5.41) is 5.55. The van der Waals surface area contributed by atoms with Gasteiger partial charge in [-0.25, -0.2) is 14.4 Å². The van der Waals surface area contributed by atoms with Crippen molar-refractivity contribution in [1.29, 1.82) is 0 Å². The molecule has 1 aliphatic rings. The van der Waals surface area contributed by atoms with E-state index in [2.05, 4.69) is 10.6 Å². The van der Waals surface area contributed by atoms with E-state index in [0.717, 1.165) is 11.1 Å². The van der Waals surface area contributed by atoms with Crippen molar-refractivity contribution < 1.29 is 33.4 Å². The second-order valence-corrected chi connectivity index (χ2v) is 10.4. The Morgan fingerprint density at radius 1 is 0.974 bits per heavy atom. The number of rotatable bonds is 9. The molecule has 0 unspecified atom stereocenters. The van der Waals surface area contributed by atoms with E-state index in [9.17, 15) is 19.2 Å². The molecule has 1 fully saturated rings. The Kier molecular flexibility index (Phi) is 10.3. The summed E-state index contributed by atoms with van der Waals surface area (Å²) in [4.78, 5) is 52.4. The number of carbonyl (C=O) groups is 4. The predicted molar refractivity (Wildman–Crippen MR) is 144 cm³/mol. The minimum atomic E-state index is -0.912. The van der Waals surface area contributed by atoms with Gasteiger partial charge in [0.2, 0.25) is 5.91 Å². The molecule has 0 bridgehead atoms. The molecule has 39 heavy (non-hydrogen) atoms. The van der Waals surface area contributed by atoms with Gasteiger partial charge in [-0.2, -0.15) is 0 Å². The van der Waals surface area contributed by atoms with Gasteiger partial charge in [0.1, 0.15) is 24.3 Å². The maximum absolute atomic E-state index is 13.3. The molecule has 1 aliphatic heterocycles. The number of carbonyl (C=O) groups excluding carboxylic acids is 4. The van der Waals surface area contributed by atoms with Gasteiger partial charge < -0.3 is 24.8 Å². The highest BCUT2D eigenvalue weighted by atomic mass is 16.6.